The van der Waals surface area contributed by atoms with E-state index in [0.29, 0.717) is 13.0 Å². The molecule has 2 aromatic rings. The van der Waals surface area contributed by atoms with Gasteiger partial charge in [0.2, 0.25) is 5.91 Å². The predicted molar refractivity (Wildman–Crippen MR) is 102 cm³/mol. The molecule has 1 amide bonds. The summed E-state index contributed by atoms with van der Waals surface area (Å²) in [5.74, 6) is -2.71. The van der Waals surface area contributed by atoms with Crippen LogP contribution in [0.25, 0.3) is 0 Å². The Morgan fingerprint density at radius 1 is 1.14 bits per heavy atom. The highest BCUT2D eigenvalue weighted by molar-refractivity contribution is 5.83. The van der Waals surface area contributed by atoms with Crippen molar-refractivity contribution in [3.8, 4) is 0 Å². The molecular formula is C22H22F2N2O3. The highest BCUT2D eigenvalue weighted by Crippen LogP contribution is 2.43. The molecule has 2 heterocycles. The molecule has 2 aliphatic heterocycles. The lowest BCUT2D eigenvalue weighted by molar-refractivity contribution is -0.147. The number of ether oxygens (including phenoxy) is 1. The van der Waals surface area contributed by atoms with Crippen LogP contribution in [0.2, 0.25) is 0 Å². The van der Waals surface area contributed by atoms with Gasteiger partial charge in [-0.2, -0.15) is 0 Å². The Labute approximate surface area is 167 Å². The summed E-state index contributed by atoms with van der Waals surface area (Å²) in [6, 6.07) is 12.9. The quantitative estimate of drug-likeness (QED) is 0.741. The largest absolute Gasteiger partial charge is 0.469 e. The molecule has 0 unspecified atom stereocenters. The lowest BCUT2D eigenvalue weighted by atomic mass is 9.93. The molecule has 152 valence electrons. The third-order valence-corrected chi connectivity index (χ3v) is 5.79. The molecule has 2 fully saturated rings. The first-order valence-corrected chi connectivity index (χ1v) is 9.58. The van der Waals surface area contributed by atoms with E-state index in [0.717, 1.165) is 11.6 Å². The van der Waals surface area contributed by atoms with E-state index in [-0.39, 0.29) is 42.6 Å². The number of rotatable bonds is 4. The maximum Gasteiger partial charge on any atom is 0.311 e. The minimum atomic E-state index is -0.900. The van der Waals surface area contributed by atoms with E-state index >= 15 is 0 Å². The van der Waals surface area contributed by atoms with Gasteiger partial charge >= 0.3 is 5.97 Å². The van der Waals surface area contributed by atoms with Crippen molar-refractivity contribution >= 4 is 11.9 Å². The molecule has 3 atom stereocenters. The van der Waals surface area contributed by atoms with E-state index in [1.54, 1.807) is 4.90 Å². The number of amides is 1. The minimum Gasteiger partial charge on any atom is -0.469 e. The van der Waals surface area contributed by atoms with Gasteiger partial charge in [0, 0.05) is 24.7 Å². The summed E-state index contributed by atoms with van der Waals surface area (Å²) in [7, 11) is 1.35. The first kappa shape index (κ1) is 19.5. The van der Waals surface area contributed by atoms with Gasteiger partial charge in [-0.05, 0) is 18.1 Å². The van der Waals surface area contributed by atoms with E-state index < -0.39 is 17.6 Å². The molecule has 2 aromatic carbocycles. The van der Waals surface area contributed by atoms with Crippen LogP contribution in [0.5, 0.6) is 0 Å². The molecule has 7 heteroatoms. The van der Waals surface area contributed by atoms with Gasteiger partial charge in [0.15, 0.2) is 11.6 Å². The smallest absolute Gasteiger partial charge is 0.311 e. The van der Waals surface area contributed by atoms with Crippen LogP contribution in [0.3, 0.4) is 0 Å². The molecule has 2 saturated heterocycles. The second-order valence-electron chi connectivity index (χ2n) is 7.56. The number of piperazine rings is 1. The van der Waals surface area contributed by atoms with E-state index in [4.69, 9.17) is 4.74 Å². The Kier molecular flexibility index (Phi) is 5.32. The van der Waals surface area contributed by atoms with Crippen molar-refractivity contribution in [1.82, 2.24) is 9.80 Å². The molecule has 0 saturated carbocycles. The summed E-state index contributed by atoms with van der Waals surface area (Å²) in [5.41, 5.74) is 1.11. The fourth-order valence-corrected chi connectivity index (χ4v) is 4.56. The van der Waals surface area contributed by atoms with Crippen molar-refractivity contribution in [1.29, 1.82) is 0 Å². The summed E-state index contributed by atoms with van der Waals surface area (Å²) in [5, 5.41) is 0. The molecule has 4 rings (SSSR count). The van der Waals surface area contributed by atoms with E-state index in [1.807, 2.05) is 35.2 Å². The number of esters is 1. The van der Waals surface area contributed by atoms with E-state index in [9.17, 15) is 18.4 Å². The highest BCUT2D eigenvalue weighted by atomic mass is 19.2. The molecule has 0 aromatic heterocycles. The fraction of sp³-hybridized carbons (Fsp3) is 0.364. The number of halogens is 2. The van der Waals surface area contributed by atoms with Crippen molar-refractivity contribution in [3.05, 3.63) is 71.3 Å². The molecule has 0 aliphatic carbocycles. The topological polar surface area (TPSA) is 49.9 Å². The molecule has 2 aliphatic rings. The number of benzene rings is 2. The Balaban J connectivity index is 1.59. The van der Waals surface area contributed by atoms with E-state index in [2.05, 4.69) is 0 Å². The zero-order valence-corrected chi connectivity index (χ0v) is 16.1. The zero-order chi connectivity index (χ0) is 20.5. The van der Waals surface area contributed by atoms with Crippen LogP contribution in [-0.4, -0.2) is 47.9 Å². The lowest BCUT2D eigenvalue weighted by Crippen LogP contribution is -2.54. The van der Waals surface area contributed by atoms with Gasteiger partial charge in [0.1, 0.15) is 0 Å². The van der Waals surface area contributed by atoms with Crippen molar-refractivity contribution in [2.75, 3.05) is 20.2 Å². The first-order valence-electron chi connectivity index (χ1n) is 9.58. The highest BCUT2D eigenvalue weighted by Gasteiger charge is 2.50. The summed E-state index contributed by atoms with van der Waals surface area (Å²) in [6.45, 7) is 0.709. The van der Waals surface area contributed by atoms with E-state index in [1.165, 1.54) is 19.2 Å². The zero-order valence-electron chi connectivity index (χ0n) is 16.1. The summed E-state index contributed by atoms with van der Waals surface area (Å²) in [6.07, 6.45) is 0.472. The van der Waals surface area contributed by atoms with Crippen LogP contribution >= 0.6 is 0 Å². The number of nitrogens with zero attached hydrogens (tertiary/aromatic N) is 2. The Morgan fingerprint density at radius 3 is 2.62 bits per heavy atom. The van der Waals surface area contributed by atoms with Gasteiger partial charge in [0.05, 0.1) is 25.6 Å². The molecule has 29 heavy (non-hydrogen) atoms. The summed E-state index contributed by atoms with van der Waals surface area (Å²) in [4.78, 5) is 29.1. The molecule has 0 bridgehead atoms. The lowest BCUT2D eigenvalue weighted by Gasteiger charge is -2.40. The maximum absolute atomic E-state index is 14.1. The normalized spacial score (nSPS) is 24.4. The Bertz CT molecular complexity index is 922. The average molecular weight is 400 g/mol. The second kappa shape index (κ2) is 7.91. The van der Waals surface area contributed by atoms with Gasteiger partial charge in [-0.25, -0.2) is 8.78 Å². The summed E-state index contributed by atoms with van der Waals surface area (Å²) < 4.78 is 32.6. The third kappa shape index (κ3) is 3.62. The minimum absolute atomic E-state index is 0.0870. The van der Waals surface area contributed by atoms with Crippen molar-refractivity contribution in [2.45, 2.75) is 25.0 Å². The third-order valence-electron chi connectivity index (χ3n) is 5.79. The van der Waals surface area contributed by atoms with Gasteiger partial charge in [-0.1, -0.05) is 42.5 Å². The number of fused-ring (bicyclic) bond motifs is 1. The van der Waals surface area contributed by atoms with Crippen LogP contribution in [0, 0.1) is 17.6 Å². The van der Waals surface area contributed by atoms with Crippen molar-refractivity contribution in [3.63, 3.8) is 0 Å². The summed E-state index contributed by atoms with van der Waals surface area (Å²) >= 11 is 0. The number of carbonyl (C=O) groups excluding carboxylic acids is 2. The van der Waals surface area contributed by atoms with Gasteiger partial charge < -0.3 is 9.64 Å². The second-order valence-corrected chi connectivity index (χ2v) is 7.56. The monoisotopic (exact) mass is 400 g/mol. The van der Waals surface area contributed by atoms with Crippen LogP contribution < -0.4 is 0 Å². The number of methoxy groups -OCH3 is 1. The van der Waals surface area contributed by atoms with Crippen LogP contribution in [0.4, 0.5) is 8.78 Å². The average Bonchev–Trinajstić information content (AvgIpc) is 3.11. The fourth-order valence-electron chi connectivity index (χ4n) is 4.56. The van der Waals surface area contributed by atoms with Gasteiger partial charge in [-0.3, -0.25) is 14.5 Å². The van der Waals surface area contributed by atoms with Crippen LogP contribution in [0.15, 0.2) is 48.5 Å². The van der Waals surface area contributed by atoms with Gasteiger partial charge in [-0.15, -0.1) is 0 Å². The molecule has 0 N–H and O–H groups in total. The number of hydrogen-bond acceptors (Lipinski definition) is 4. The number of carbonyl (C=O) groups is 2. The molecule has 5 nitrogen and oxygen atoms in total. The maximum atomic E-state index is 14.1. The molecule has 0 radical (unpaired) electrons. The predicted octanol–water partition coefficient (Wildman–Crippen LogP) is 2.91. The SMILES string of the molecule is COC(=O)[C@H]1C[C@H]2CN(Cc3cccc(F)c3F)CC(=O)N2[C@H]1c1ccccc1. The molecule has 0 spiro atoms. The Morgan fingerprint density at radius 2 is 1.90 bits per heavy atom. The van der Waals surface area contributed by atoms with Crippen molar-refractivity contribution in [2.24, 2.45) is 5.92 Å². The number of hydrogen-bond donors (Lipinski definition) is 0. The Hall–Kier alpha value is -2.80. The first-order chi connectivity index (χ1) is 14.0. The molecular weight excluding hydrogens is 378 g/mol. The van der Waals surface area contributed by atoms with Gasteiger partial charge in [0.25, 0.3) is 0 Å². The standard InChI is InChI=1S/C22H22F2N2O3/c1-29-22(28)17-10-16-12-25(11-15-8-5-9-18(23)20(15)24)13-19(27)26(16)21(17)14-6-3-2-4-7-14/h2-9,16-17,21H,10-13H2,1H3/t16-,17-,21-/m0/s1. The van der Waals surface area contributed by atoms with Crippen LogP contribution in [0.1, 0.15) is 23.6 Å². The van der Waals surface area contributed by atoms with Crippen LogP contribution in [-0.2, 0) is 20.9 Å². The van der Waals surface area contributed by atoms with Crippen molar-refractivity contribution < 1.29 is 23.1 Å².